The number of carbonyl (C=O) groups excluding carboxylic acids is 1. The third-order valence-electron chi connectivity index (χ3n) is 4.60. The predicted molar refractivity (Wildman–Crippen MR) is 109 cm³/mol. The minimum atomic E-state index is -0.455. The van der Waals surface area contributed by atoms with Crippen LogP contribution in [0.2, 0.25) is 0 Å². The van der Waals surface area contributed by atoms with Crippen LogP contribution < -0.4 is 10.9 Å². The van der Waals surface area contributed by atoms with Gasteiger partial charge in [-0.3, -0.25) is 14.2 Å². The molecule has 28 heavy (non-hydrogen) atoms. The van der Waals surface area contributed by atoms with E-state index in [4.69, 9.17) is 5.26 Å². The average molecular weight is 390 g/mol. The normalized spacial score (nSPS) is 14.4. The fourth-order valence-electron chi connectivity index (χ4n) is 2.99. The SMILES string of the molecule is CC(Sc1nc2ccccc2c(=O)n1C1CC1)C(=O)Nc1cccc(C#N)c1. The molecule has 1 aliphatic rings. The molecule has 0 aliphatic heterocycles. The average Bonchev–Trinajstić information content (AvgIpc) is 3.53. The Morgan fingerprint density at radius 1 is 1.29 bits per heavy atom. The number of thioether (sulfide) groups is 1. The van der Waals surface area contributed by atoms with Gasteiger partial charge < -0.3 is 5.32 Å². The Hall–Kier alpha value is -3.11. The van der Waals surface area contributed by atoms with Crippen molar-refractivity contribution in [3.63, 3.8) is 0 Å². The molecule has 1 N–H and O–H groups in total. The smallest absolute Gasteiger partial charge is 0.262 e. The van der Waals surface area contributed by atoms with E-state index in [1.807, 2.05) is 18.2 Å². The standard InChI is InChI=1S/C21H18N4O2S/c1-13(19(26)23-15-6-4-5-14(11-15)12-22)28-21-24-18-8-3-2-7-17(18)20(27)25(21)16-9-10-16/h2-8,11,13,16H,9-10H2,1H3,(H,23,26). The first-order valence-corrected chi connectivity index (χ1v) is 9.94. The van der Waals surface area contributed by atoms with Gasteiger partial charge in [0.15, 0.2) is 5.16 Å². The summed E-state index contributed by atoms with van der Waals surface area (Å²) in [5.74, 6) is -0.204. The molecule has 140 valence electrons. The van der Waals surface area contributed by atoms with Crippen molar-refractivity contribution >= 4 is 34.3 Å². The Bertz CT molecular complexity index is 1160. The number of carbonyl (C=O) groups is 1. The van der Waals surface area contributed by atoms with Gasteiger partial charge in [0.25, 0.3) is 5.56 Å². The third-order valence-corrected chi connectivity index (χ3v) is 5.66. The zero-order chi connectivity index (χ0) is 19.7. The van der Waals surface area contributed by atoms with Crippen LogP contribution in [0, 0.1) is 11.3 Å². The summed E-state index contributed by atoms with van der Waals surface area (Å²) in [7, 11) is 0. The Morgan fingerprint density at radius 2 is 2.07 bits per heavy atom. The molecule has 1 fully saturated rings. The summed E-state index contributed by atoms with van der Waals surface area (Å²) in [6.45, 7) is 1.78. The maximum Gasteiger partial charge on any atom is 0.262 e. The van der Waals surface area contributed by atoms with E-state index in [2.05, 4.69) is 16.4 Å². The number of benzene rings is 2. The minimum absolute atomic E-state index is 0.0510. The van der Waals surface area contributed by atoms with Gasteiger partial charge in [0.1, 0.15) is 0 Å². The van der Waals surface area contributed by atoms with Crippen LogP contribution in [-0.2, 0) is 4.79 Å². The lowest BCUT2D eigenvalue weighted by molar-refractivity contribution is -0.115. The summed E-state index contributed by atoms with van der Waals surface area (Å²) >= 11 is 1.28. The van der Waals surface area contributed by atoms with Gasteiger partial charge in [0.2, 0.25) is 5.91 Å². The molecule has 1 aliphatic carbocycles. The van der Waals surface area contributed by atoms with Crippen LogP contribution in [-0.4, -0.2) is 20.7 Å². The molecule has 1 unspecified atom stereocenters. The van der Waals surface area contributed by atoms with E-state index in [1.165, 1.54) is 11.8 Å². The molecule has 1 atom stereocenters. The van der Waals surface area contributed by atoms with E-state index in [0.29, 0.717) is 27.3 Å². The quantitative estimate of drug-likeness (QED) is 0.530. The highest BCUT2D eigenvalue weighted by atomic mass is 32.2. The second kappa shape index (κ2) is 7.49. The first-order chi connectivity index (χ1) is 13.6. The van der Waals surface area contributed by atoms with Gasteiger partial charge in [-0.05, 0) is 50.1 Å². The van der Waals surface area contributed by atoms with Crippen LogP contribution >= 0.6 is 11.8 Å². The zero-order valence-corrected chi connectivity index (χ0v) is 16.1. The summed E-state index contributed by atoms with van der Waals surface area (Å²) in [6.07, 6.45) is 1.91. The Morgan fingerprint density at radius 3 is 2.82 bits per heavy atom. The van der Waals surface area contributed by atoms with Crippen molar-refractivity contribution in [2.24, 2.45) is 0 Å². The van der Waals surface area contributed by atoms with Crippen molar-refractivity contribution < 1.29 is 4.79 Å². The third kappa shape index (κ3) is 3.64. The van der Waals surface area contributed by atoms with E-state index in [9.17, 15) is 9.59 Å². The van der Waals surface area contributed by atoms with E-state index >= 15 is 0 Å². The van der Waals surface area contributed by atoms with Crippen LogP contribution in [0.4, 0.5) is 5.69 Å². The molecule has 0 spiro atoms. The van der Waals surface area contributed by atoms with E-state index in [1.54, 1.807) is 41.8 Å². The fourth-order valence-corrected chi connectivity index (χ4v) is 3.96. The predicted octanol–water partition coefficient (Wildman–Crippen LogP) is 3.72. The van der Waals surface area contributed by atoms with Gasteiger partial charge >= 0.3 is 0 Å². The molecular formula is C21H18N4O2S. The van der Waals surface area contributed by atoms with Crippen LogP contribution in [0.15, 0.2) is 58.5 Å². The monoisotopic (exact) mass is 390 g/mol. The highest BCUT2D eigenvalue weighted by molar-refractivity contribution is 8.00. The van der Waals surface area contributed by atoms with Gasteiger partial charge in [-0.1, -0.05) is 30.0 Å². The number of rotatable bonds is 5. The molecule has 2 aromatic carbocycles. The lowest BCUT2D eigenvalue weighted by Gasteiger charge is -2.16. The summed E-state index contributed by atoms with van der Waals surface area (Å²) in [4.78, 5) is 30.2. The summed E-state index contributed by atoms with van der Waals surface area (Å²) in [5.41, 5.74) is 1.64. The molecule has 0 radical (unpaired) electrons. The zero-order valence-electron chi connectivity index (χ0n) is 15.3. The van der Waals surface area contributed by atoms with Gasteiger partial charge in [0.05, 0.1) is 27.8 Å². The molecule has 1 heterocycles. The van der Waals surface area contributed by atoms with Gasteiger partial charge in [0, 0.05) is 11.7 Å². The second-order valence-corrected chi connectivity index (χ2v) is 8.07. The number of nitrogens with zero attached hydrogens (tertiary/aromatic N) is 3. The summed E-state index contributed by atoms with van der Waals surface area (Å²) in [6, 6.07) is 16.3. The largest absolute Gasteiger partial charge is 0.325 e. The maximum absolute atomic E-state index is 12.9. The van der Waals surface area contributed by atoms with Gasteiger partial charge in [-0.15, -0.1) is 0 Å². The molecule has 0 bridgehead atoms. The molecule has 7 heteroatoms. The van der Waals surface area contributed by atoms with Crippen LogP contribution in [0.5, 0.6) is 0 Å². The molecule has 0 saturated heterocycles. The van der Waals surface area contributed by atoms with E-state index in [-0.39, 0.29) is 17.5 Å². The molecule has 4 rings (SSSR count). The Kier molecular flexibility index (Phi) is 4.88. The second-order valence-electron chi connectivity index (χ2n) is 6.76. The van der Waals surface area contributed by atoms with Crippen molar-refractivity contribution in [1.29, 1.82) is 5.26 Å². The fraction of sp³-hybridized carbons (Fsp3) is 0.238. The van der Waals surface area contributed by atoms with E-state index in [0.717, 1.165) is 12.8 Å². The molecule has 1 amide bonds. The van der Waals surface area contributed by atoms with Crippen molar-refractivity contribution in [3.05, 3.63) is 64.4 Å². The highest BCUT2D eigenvalue weighted by Gasteiger charge is 2.30. The van der Waals surface area contributed by atoms with Crippen molar-refractivity contribution in [2.45, 2.75) is 36.2 Å². The number of hydrogen-bond donors (Lipinski definition) is 1. The number of para-hydroxylation sites is 1. The lowest BCUT2D eigenvalue weighted by Crippen LogP contribution is -2.26. The number of anilines is 1. The van der Waals surface area contributed by atoms with Crippen molar-refractivity contribution in [1.82, 2.24) is 9.55 Å². The summed E-state index contributed by atoms with van der Waals surface area (Å²) in [5, 5.41) is 12.5. The number of nitrogens with one attached hydrogen (secondary N) is 1. The first-order valence-electron chi connectivity index (χ1n) is 9.06. The number of fused-ring (bicyclic) bond motifs is 1. The molecular weight excluding hydrogens is 372 g/mol. The van der Waals surface area contributed by atoms with Crippen LogP contribution in [0.3, 0.4) is 0 Å². The minimum Gasteiger partial charge on any atom is -0.325 e. The molecule has 3 aromatic rings. The molecule has 1 saturated carbocycles. The number of nitriles is 1. The Balaban J connectivity index is 1.60. The molecule has 1 aromatic heterocycles. The first kappa shape index (κ1) is 18.3. The van der Waals surface area contributed by atoms with Crippen molar-refractivity contribution in [3.8, 4) is 6.07 Å². The highest BCUT2D eigenvalue weighted by Crippen LogP contribution is 2.37. The number of amides is 1. The summed E-state index contributed by atoms with van der Waals surface area (Å²) < 4.78 is 1.73. The van der Waals surface area contributed by atoms with Gasteiger partial charge in [-0.2, -0.15) is 5.26 Å². The van der Waals surface area contributed by atoms with Crippen LogP contribution in [0.25, 0.3) is 10.9 Å². The van der Waals surface area contributed by atoms with Crippen molar-refractivity contribution in [2.75, 3.05) is 5.32 Å². The number of hydrogen-bond acceptors (Lipinski definition) is 5. The lowest BCUT2D eigenvalue weighted by atomic mass is 10.2. The number of aromatic nitrogens is 2. The topological polar surface area (TPSA) is 87.8 Å². The van der Waals surface area contributed by atoms with E-state index < -0.39 is 5.25 Å². The van der Waals surface area contributed by atoms with Crippen LogP contribution in [0.1, 0.15) is 31.4 Å². The maximum atomic E-state index is 12.9. The molecule has 6 nitrogen and oxygen atoms in total. The Labute approximate surface area is 166 Å². The van der Waals surface area contributed by atoms with Gasteiger partial charge in [-0.25, -0.2) is 4.98 Å².